The molecule has 5 heteroatoms. The summed E-state index contributed by atoms with van der Waals surface area (Å²) in [6, 6.07) is 7.33. The van der Waals surface area contributed by atoms with Gasteiger partial charge in [-0.15, -0.1) is 0 Å². The molecule has 2 unspecified atom stereocenters. The van der Waals surface area contributed by atoms with Gasteiger partial charge in [0.2, 0.25) is 10.0 Å². The van der Waals surface area contributed by atoms with E-state index in [9.17, 15) is 8.42 Å². The van der Waals surface area contributed by atoms with Crippen LogP contribution in [0.4, 0.5) is 0 Å². The van der Waals surface area contributed by atoms with Crippen molar-refractivity contribution in [3.05, 3.63) is 29.8 Å². The van der Waals surface area contributed by atoms with Gasteiger partial charge >= 0.3 is 0 Å². The van der Waals surface area contributed by atoms with Crippen molar-refractivity contribution < 1.29 is 8.42 Å². The Morgan fingerprint density at radius 2 is 1.89 bits per heavy atom. The lowest BCUT2D eigenvalue weighted by atomic mass is 10.1. The monoisotopic (exact) mass is 282 g/mol. The van der Waals surface area contributed by atoms with E-state index >= 15 is 0 Å². The second kappa shape index (κ2) is 6.03. The molecule has 0 bridgehead atoms. The molecule has 0 spiro atoms. The summed E-state index contributed by atoms with van der Waals surface area (Å²) in [5.41, 5.74) is 1.17. The predicted octanol–water partition coefficient (Wildman–Crippen LogP) is 1.53. The Kier molecular flexibility index (Phi) is 4.60. The van der Waals surface area contributed by atoms with Gasteiger partial charge in [-0.05, 0) is 56.5 Å². The van der Waals surface area contributed by atoms with E-state index in [4.69, 9.17) is 0 Å². The maximum absolute atomic E-state index is 12.1. The molecule has 0 aliphatic heterocycles. The van der Waals surface area contributed by atoms with Crippen molar-refractivity contribution in [2.24, 2.45) is 5.92 Å². The van der Waals surface area contributed by atoms with Crippen LogP contribution in [0.1, 0.15) is 25.3 Å². The van der Waals surface area contributed by atoms with Gasteiger partial charge in [0.05, 0.1) is 4.90 Å². The highest BCUT2D eigenvalue weighted by atomic mass is 32.2. The van der Waals surface area contributed by atoms with Crippen LogP contribution in [-0.2, 0) is 16.4 Å². The highest BCUT2D eigenvalue weighted by Gasteiger charge is 2.36. The van der Waals surface area contributed by atoms with Crippen LogP contribution in [0, 0.1) is 5.92 Å². The van der Waals surface area contributed by atoms with Crippen molar-refractivity contribution in [1.29, 1.82) is 0 Å². The Morgan fingerprint density at radius 3 is 2.42 bits per heavy atom. The van der Waals surface area contributed by atoms with E-state index in [1.54, 1.807) is 12.1 Å². The summed E-state index contributed by atoms with van der Waals surface area (Å²) < 4.78 is 26.9. The van der Waals surface area contributed by atoms with Crippen LogP contribution in [0.2, 0.25) is 0 Å². The van der Waals surface area contributed by atoms with Crippen molar-refractivity contribution in [2.45, 2.75) is 37.1 Å². The van der Waals surface area contributed by atoms with Crippen LogP contribution in [0.25, 0.3) is 0 Å². The first-order chi connectivity index (χ1) is 9.03. The first kappa shape index (κ1) is 14.5. The Bertz CT molecular complexity index is 511. The molecule has 106 valence electrons. The summed E-state index contributed by atoms with van der Waals surface area (Å²) in [6.45, 7) is 3.03. The van der Waals surface area contributed by atoms with E-state index in [-0.39, 0.29) is 6.04 Å². The molecule has 4 nitrogen and oxygen atoms in total. The quantitative estimate of drug-likeness (QED) is 0.746. The van der Waals surface area contributed by atoms with Crippen molar-refractivity contribution >= 4 is 10.0 Å². The van der Waals surface area contributed by atoms with E-state index in [0.717, 1.165) is 25.8 Å². The molecular formula is C14H22N2O2S. The zero-order valence-electron chi connectivity index (χ0n) is 11.5. The van der Waals surface area contributed by atoms with Crippen molar-refractivity contribution in [2.75, 3.05) is 13.6 Å². The van der Waals surface area contributed by atoms with E-state index in [1.807, 2.05) is 19.2 Å². The molecule has 0 saturated heterocycles. The maximum Gasteiger partial charge on any atom is 0.240 e. The lowest BCUT2D eigenvalue weighted by molar-refractivity contribution is 0.578. The molecule has 0 aromatic heterocycles. The van der Waals surface area contributed by atoms with Crippen molar-refractivity contribution in [3.8, 4) is 0 Å². The molecular weight excluding hydrogens is 260 g/mol. The standard InChI is InChI=1S/C14H22N2O2S/c1-11-10-14(11)16-19(17,18)13-7-5-12(6-8-13)4-3-9-15-2/h5-8,11,14-16H,3-4,9-10H2,1-2H3. The van der Waals surface area contributed by atoms with Crippen molar-refractivity contribution in [1.82, 2.24) is 10.0 Å². The number of sulfonamides is 1. The molecule has 2 rings (SSSR count). The van der Waals surface area contributed by atoms with Crippen LogP contribution >= 0.6 is 0 Å². The zero-order valence-corrected chi connectivity index (χ0v) is 12.3. The van der Waals surface area contributed by atoms with Crippen LogP contribution < -0.4 is 10.0 Å². The fourth-order valence-electron chi connectivity index (χ4n) is 2.06. The van der Waals surface area contributed by atoms with E-state index in [0.29, 0.717) is 10.8 Å². The Labute approximate surface area is 115 Å². The fraction of sp³-hybridized carbons (Fsp3) is 0.571. The average molecular weight is 282 g/mol. The zero-order chi connectivity index (χ0) is 13.9. The summed E-state index contributed by atoms with van der Waals surface area (Å²) in [6.07, 6.45) is 2.97. The summed E-state index contributed by atoms with van der Waals surface area (Å²) in [4.78, 5) is 0.365. The SMILES string of the molecule is CNCCCc1ccc(S(=O)(=O)NC2CC2C)cc1. The van der Waals surface area contributed by atoms with Gasteiger partial charge in [0.1, 0.15) is 0 Å². The van der Waals surface area contributed by atoms with Gasteiger partial charge in [0.15, 0.2) is 0 Å². The second-order valence-corrected chi connectivity index (χ2v) is 7.01. The van der Waals surface area contributed by atoms with Crippen LogP contribution in [0.5, 0.6) is 0 Å². The number of hydrogen-bond acceptors (Lipinski definition) is 3. The molecule has 1 aromatic rings. The minimum absolute atomic E-state index is 0.125. The third-order valence-corrected chi connectivity index (χ3v) is 5.05. The molecule has 1 aliphatic carbocycles. The Hall–Kier alpha value is -0.910. The maximum atomic E-state index is 12.1. The number of benzene rings is 1. The Balaban J connectivity index is 1.97. The van der Waals surface area contributed by atoms with E-state index < -0.39 is 10.0 Å². The molecule has 0 amide bonds. The molecule has 1 aromatic carbocycles. The number of aryl methyl sites for hydroxylation is 1. The highest BCUT2D eigenvalue weighted by Crippen LogP contribution is 2.30. The smallest absolute Gasteiger partial charge is 0.240 e. The highest BCUT2D eigenvalue weighted by molar-refractivity contribution is 7.89. The van der Waals surface area contributed by atoms with Crippen LogP contribution in [0.3, 0.4) is 0 Å². The van der Waals surface area contributed by atoms with E-state index in [1.165, 1.54) is 5.56 Å². The van der Waals surface area contributed by atoms with Crippen LogP contribution in [0.15, 0.2) is 29.2 Å². The summed E-state index contributed by atoms with van der Waals surface area (Å²) in [7, 11) is -1.40. The topological polar surface area (TPSA) is 58.2 Å². The van der Waals surface area contributed by atoms with E-state index in [2.05, 4.69) is 17.0 Å². The van der Waals surface area contributed by atoms with Gasteiger partial charge in [-0.3, -0.25) is 0 Å². The number of rotatable bonds is 7. The third kappa shape index (κ3) is 4.03. The molecule has 2 atom stereocenters. The van der Waals surface area contributed by atoms with Gasteiger partial charge in [-0.25, -0.2) is 13.1 Å². The fourth-order valence-corrected chi connectivity index (χ4v) is 3.42. The first-order valence-corrected chi connectivity index (χ1v) is 8.27. The largest absolute Gasteiger partial charge is 0.320 e. The van der Waals surface area contributed by atoms with Gasteiger partial charge in [0.25, 0.3) is 0 Å². The second-order valence-electron chi connectivity index (χ2n) is 5.29. The minimum atomic E-state index is -3.33. The van der Waals surface area contributed by atoms with Crippen molar-refractivity contribution in [3.63, 3.8) is 0 Å². The first-order valence-electron chi connectivity index (χ1n) is 6.79. The Morgan fingerprint density at radius 1 is 1.26 bits per heavy atom. The lowest BCUT2D eigenvalue weighted by Gasteiger charge is -2.07. The average Bonchev–Trinajstić information content (AvgIpc) is 3.05. The summed E-state index contributed by atoms with van der Waals surface area (Å²) >= 11 is 0. The molecule has 0 heterocycles. The predicted molar refractivity (Wildman–Crippen MR) is 76.6 cm³/mol. The molecule has 1 fully saturated rings. The normalized spacial score (nSPS) is 22.4. The lowest BCUT2D eigenvalue weighted by Crippen LogP contribution is -2.26. The molecule has 0 radical (unpaired) electrons. The minimum Gasteiger partial charge on any atom is -0.320 e. The molecule has 2 N–H and O–H groups in total. The molecule has 1 saturated carbocycles. The number of hydrogen-bond donors (Lipinski definition) is 2. The number of nitrogens with one attached hydrogen (secondary N) is 2. The van der Waals surface area contributed by atoms with Gasteiger partial charge < -0.3 is 5.32 Å². The molecule has 1 aliphatic rings. The van der Waals surface area contributed by atoms with Gasteiger partial charge in [-0.1, -0.05) is 19.1 Å². The van der Waals surface area contributed by atoms with Gasteiger partial charge in [-0.2, -0.15) is 0 Å². The van der Waals surface area contributed by atoms with Gasteiger partial charge in [0, 0.05) is 6.04 Å². The summed E-state index contributed by atoms with van der Waals surface area (Å²) in [5.74, 6) is 0.468. The summed E-state index contributed by atoms with van der Waals surface area (Å²) in [5, 5.41) is 3.10. The van der Waals surface area contributed by atoms with Crippen LogP contribution in [-0.4, -0.2) is 28.1 Å². The third-order valence-electron chi connectivity index (χ3n) is 3.54. The molecule has 19 heavy (non-hydrogen) atoms.